The fourth-order valence-electron chi connectivity index (χ4n) is 1.24. The minimum atomic E-state index is -1.03. The minimum Gasteiger partial charge on any atom is -0.396 e. The Kier molecular flexibility index (Phi) is 5.47. The quantitative estimate of drug-likeness (QED) is 0.659. The molecule has 0 aliphatic rings. The van der Waals surface area contributed by atoms with Gasteiger partial charge in [0.25, 0.3) is 0 Å². The molecular weight excluding hydrogens is 155 g/mol. The molecule has 0 aliphatic carbocycles. The van der Waals surface area contributed by atoms with Gasteiger partial charge in [0.2, 0.25) is 0 Å². The van der Waals surface area contributed by atoms with Crippen molar-refractivity contribution in [3.05, 3.63) is 0 Å². The van der Waals surface area contributed by atoms with Crippen molar-refractivity contribution in [3.8, 4) is 0 Å². The predicted molar refractivity (Wildman–Crippen MR) is 49.9 cm³/mol. The molecule has 0 heterocycles. The molecule has 0 fully saturated rings. The largest absolute Gasteiger partial charge is 0.396 e. The summed E-state index contributed by atoms with van der Waals surface area (Å²) in [6, 6.07) is 0. The van der Waals surface area contributed by atoms with Crippen molar-refractivity contribution in [2.75, 3.05) is 6.61 Å². The Bertz CT molecular complexity index is 107. The van der Waals surface area contributed by atoms with E-state index in [2.05, 4.69) is 6.92 Å². The van der Waals surface area contributed by atoms with Gasteiger partial charge in [-0.2, -0.15) is 0 Å². The Morgan fingerprint density at radius 2 is 1.92 bits per heavy atom. The average Bonchev–Trinajstić information content (AvgIpc) is 1.84. The Morgan fingerprint density at radius 1 is 1.33 bits per heavy atom. The van der Waals surface area contributed by atoms with Gasteiger partial charge in [-0.3, -0.25) is 0 Å². The molecule has 0 amide bonds. The summed E-state index contributed by atoms with van der Waals surface area (Å²) in [6.45, 7) is 5.58. The normalized spacial score (nSPS) is 14.8. The molecule has 74 valence electrons. The van der Waals surface area contributed by atoms with Gasteiger partial charge in [-0.1, -0.05) is 19.8 Å². The number of hydrogen-bond acceptors (Lipinski definition) is 1. The maximum atomic E-state index is 13.0. The molecule has 0 aromatic rings. The molecule has 1 atom stereocenters. The molecule has 0 aliphatic heterocycles. The Morgan fingerprint density at radius 3 is 2.33 bits per heavy atom. The summed E-state index contributed by atoms with van der Waals surface area (Å²) < 4.78 is 13.0. The summed E-state index contributed by atoms with van der Waals surface area (Å²) in [6.07, 6.45) is 3.41. The number of aliphatic hydroxyl groups is 1. The van der Waals surface area contributed by atoms with Gasteiger partial charge in [0.05, 0.1) is 0 Å². The molecule has 0 saturated heterocycles. The van der Waals surface area contributed by atoms with Crippen LogP contribution in [0.1, 0.15) is 46.5 Å². The maximum Gasteiger partial charge on any atom is 0.105 e. The number of rotatable bonds is 6. The van der Waals surface area contributed by atoms with Crippen LogP contribution in [0.3, 0.4) is 0 Å². The second-order valence-electron chi connectivity index (χ2n) is 4.23. The number of alkyl halides is 1. The molecule has 1 N–H and O–H groups in total. The number of hydrogen-bond donors (Lipinski definition) is 1. The van der Waals surface area contributed by atoms with Gasteiger partial charge in [0.15, 0.2) is 0 Å². The van der Waals surface area contributed by atoms with Crippen LogP contribution in [0.4, 0.5) is 4.39 Å². The second kappa shape index (κ2) is 5.52. The molecule has 1 nitrogen and oxygen atoms in total. The first kappa shape index (κ1) is 11.9. The molecule has 0 radical (unpaired) electrons. The van der Waals surface area contributed by atoms with Crippen molar-refractivity contribution in [2.45, 2.75) is 52.1 Å². The van der Waals surface area contributed by atoms with Crippen LogP contribution in [0.15, 0.2) is 0 Å². The van der Waals surface area contributed by atoms with E-state index in [4.69, 9.17) is 5.11 Å². The molecule has 0 rings (SSSR count). The van der Waals surface area contributed by atoms with Crippen molar-refractivity contribution in [1.82, 2.24) is 0 Å². The summed E-state index contributed by atoms with van der Waals surface area (Å²) in [7, 11) is 0. The van der Waals surface area contributed by atoms with Crippen molar-refractivity contribution < 1.29 is 9.50 Å². The second-order valence-corrected chi connectivity index (χ2v) is 4.23. The Balaban J connectivity index is 3.31. The van der Waals surface area contributed by atoms with E-state index in [-0.39, 0.29) is 6.61 Å². The zero-order chi connectivity index (χ0) is 9.61. The third kappa shape index (κ3) is 7.99. The molecule has 0 aromatic heterocycles. The van der Waals surface area contributed by atoms with E-state index in [0.29, 0.717) is 12.3 Å². The lowest BCUT2D eigenvalue weighted by Gasteiger charge is -2.15. The predicted octanol–water partition coefficient (Wildman–Crippen LogP) is 2.92. The van der Waals surface area contributed by atoms with Gasteiger partial charge >= 0.3 is 0 Å². The zero-order valence-corrected chi connectivity index (χ0v) is 8.44. The van der Waals surface area contributed by atoms with Crippen molar-refractivity contribution in [3.63, 3.8) is 0 Å². The average molecular weight is 176 g/mol. The van der Waals surface area contributed by atoms with Gasteiger partial charge in [-0.05, 0) is 32.6 Å². The van der Waals surface area contributed by atoms with E-state index in [0.717, 1.165) is 19.3 Å². The highest BCUT2D eigenvalue weighted by Gasteiger charge is 2.14. The first-order valence-electron chi connectivity index (χ1n) is 4.75. The molecule has 0 unspecified atom stereocenters. The fourth-order valence-corrected chi connectivity index (χ4v) is 1.24. The van der Waals surface area contributed by atoms with Crippen LogP contribution in [0.25, 0.3) is 0 Å². The highest BCUT2D eigenvalue weighted by Crippen LogP contribution is 2.20. The van der Waals surface area contributed by atoms with Crippen LogP contribution in [0.5, 0.6) is 0 Å². The molecule has 0 bridgehead atoms. The highest BCUT2D eigenvalue weighted by atomic mass is 19.1. The lowest BCUT2D eigenvalue weighted by molar-refractivity contribution is 0.189. The molecule has 2 heteroatoms. The van der Waals surface area contributed by atoms with Crippen LogP contribution in [-0.4, -0.2) is 17.4 Å². The molecule has 0 saturated carbocycles. The van der Waals surface area contributed by atoms with Gasteiger partial charge < -0.3 is 5.11 Å². The first-order chi connectivity index (χ1) is 5.45. The van der Waals surface area contributed by atoms with E-state index in [9.17, 15) is 4.39 Å². The topological polar surface area (TPSA) is 20.2 Å². The lowest BCUT2D eigenvalue weighted by Crippen LogP contribution is -2.11. The maximum absolute atomic E-state index is 13.0. The molecule has 0 spiro atoms. The number of aliphatic hydroxyl groups excluding tert-OH is 1. The van der Waals surface area contributed by atoms with E-state index in [1.165, 1.54) is 0 Å². The monoisotopic (exact) mass is 176 g/mol. The van der Waals surface area contributed by atoms with Gasteiger partial charge in [0, 0.05) is 6.61 Å². The third-order valence-corrected chi connectivity index (χ3v) is 2.09. The Hall–Kier alpha value is -0.110. The summed E-state index contributed by atoms with van der Waals surface area (Å²) in [5.41, 5.74) is -1.03. The smallest absolute Gasteiger partial charge is 0.105 e. The summed E-state index contributed by atoms with van der Waals surface area (Å²) >= 11 is 0. The zero-order valence-electron chi connectivity index (χ0n) is 8.44. The van der Waals surface area contributed by atoms with E-state index in [1.54, 1.807) is 13.8 Å². The third-order valence-electron chi connectivity index (χ3n) is 2.09. The lowest BCUT2D eigenvalue weighted by atomic mass is 9.96. The van der Waals surface area contributed by atoms with E-state index in [1.807, 2.05) is 0 Å². The highest BCUT2D eigenvalue weighted by molar-refractivity contribution is 4.66. The molecular formula is C10H21FO. The summed E-state index contributed by atoms with van der Waals surface area (Å²) in [4.78, 5) is 0. The van der Waals surface area contributed by atoms with Crippen LogP contribution in [0, 0.1) is 5.92 Å². The van der Waals surface area contributed by atoms with Gasteiger partial charge in [-0.15, -0.1) is 0 Å². The molecule has 0 aromatic carbocycles. The van der Waals surface area contributed by atoms with Crippen molar-refractivity contribution in [1.29, 1.82) is 0 Å². The standard InChI is InChI=1S/C10H21FO/c1-9(6-8-12)5-4-7-10(2,3)11/h9,12H,4-8H2,1-3H3/t9-/m0/s1. The minimum absolute atomic E-state index is 0.250. The summed E-state index contributed by atoms with van der Waals surface area (Å²) in [5.74, 6) is 0.525. The van der Waals surface area contributed by atoms with Crippen LogP contribution < -0.4 is 0 Å². The van der Waals surface area contributed by atoms with Crippen LogP contribution >= 0.6 is 0 Å². The molecule has 12 heavy (non-hydrogen) atoms. The Labute approximate surface area is 75.0 Å². The van der Waals surface area contributed by atoms with E-state index < -0.39 is 5.67 Å². The van der Waals surface area contributed by atoms with Crippen molar-refractivity contribution >= 4 is 0 Å². The fraction of sp³-hybridized carbons (Fsp3) is 1.00. The van der Waals surface area contributed by atoms with Crippen LogP contribution in [-0.2, 0) is 0 Å². The number of halogens is 1. The van der Waals surface area contributed by atoms with Crippen molar-refractivity contribution in [2.24, 2.45) is 5.92 Å². The SMILES string of the molecule is C[C@H](CCO)CCCC(C)(C)F. The first-order valence-corrected chi connectivity index (χ1v) is 4.75. The van der Waals surface area contributed by atoms with Gasteiger partial charge in [0.1, 0.15) is 5.67 Å². The summed E-state index contributed by atoms with van der Waals surface area (Å²) in [5, 5.41) is 8.62. The van der Waals surface area contributed by atoms with Gasteiger partial charge in [-0.25, -0.2) is 4.39 Å². The van der Waals surface area contributed by atoms with E-state index >= 15 is 0 Å². The van der Waals surface area contributed by atoms with Crippen LogP contribution in [0.2, 0.25) is 0 Å².